The molecule has 1 amide bonds. The maximum Gasteiger partial charge on any atom is 0.433 e. The van der Waals surface area contributed by atoms with E-state index in [0.717, 1.165) is 23.6 Å². The molecule has 44 heavy (non-hydrogen) atoms. The Balaban J connectivity index is 1.26. The van der Waals surface area contributed by atoms with Crippen molar-refractivity contribution in [3.63, 3.8) is 0 Å². The molecule has 0 atom stereocenters. The zero-order valence-electron chi connectivity index (χ0n) is 23.8. The molecular weight excluding hydrogens is 583 g/mol. The number of carbonyl (C=O) groups excluding carboxylic acids is 1. The predicted octanol–water partition coefficient (Wildman–Crippen LogP) is 4.70. The Bertz CT molecular complexity index is 1750. The molecule has 1 spiro atoms. The zero-order valence-corrected chi connectivity index (χ0v) is 23.8. The summed E-state index contributed by atoms with van der Waals surface area (Å²) in [6, 6.07) is 5.70. The lowest BCUT2D eigenvalue weighted by Crippen LogP contribution is -2.43. The first-order chi connectivity index (χ1) is 21.1. The average molecular weight is 612 g/mol. The van der Waals surface area contributed by atoms with Crippen molar-refractivity contribution >= 4 is 34.7 Å². The number of fused-ring (bicyclic) bond motifs is 1. The molecular formula is C28H28F3N9O4. The minimum absolute atomic E-state index is 0.0116. The smallest absolute Gasteiger partial charge is 0.433 e. The summed E-state index contributed by atoms with van der Waals surface area (Å²) < 4.78 is 60.8. The van der Waals surface area contributed by atoms with E-state index in [0.29, 0.717) is 31.6 Å². The van der Waals surface area contributed by atoms with Gasteiger partial charge in [0.1, 0.15) is 41.0 Å². The van der Waals surface area contributed by atoms with Gasteiger partial charge in [-0.2, -0.15) is 28.5 Å². The molecule has 0 aromatic carbocycles. The van der Waals surface area contributed by atoms with Crippen molar-refractivity contribution in [2.45, 2.75) is 37.9 Å². The van der Waals surface area contributed by atoms with E-state index in [-0.39, 0.29) is 58.4 Å². The van der Waals surface area contributed by atoms with Gasteiger partial charge < -0.3 is 29.4 Å². The lowest BCUT2D eigenvalue weighted by molar-refractivity contribution is -0.148. The Morgan fingerprint density at radius 1 is 1.23 bits per heavy atom. The quantitative estimate of drug-likeness (QED) is 0.287. The average Bonchev–Trinajstić information content (AvgIpc) is 3.54. The van der Waals surface area contributed by atoms with Gasteiger partial charge in [-0.05, 0) is 37.2 Å². The number of hydrogen-bond donors (Lipinski definition) is 2. The van der Waals surface area contributed by atoms with Crippen LogP contribution in [0.4, 0.5) is 30.8 Å². The maximum atomic E-state index is 14.0. The third kappa shape index (κ3) is 5.63. The van der Waals surface area contributed by atoms with E-state index in [1.54, 1.807) is 7.05 Å². The first kappa shape index (κ1) is 29.3. The van der Waals surface area contributed by atoms with Crippen LogP contribution in [0.15, 0.2) is 30.6 Å². The lowest BCUT2D eigenvalue weighted by Gasteiger charge is -2.50. The second kappa shape index (κ2) is 11.4. The van der Waals surface area contributed by atoms with Gasteiger partial charge in [-0.15, -0.1) is 0 Å². The van der Waals surface area contributed by atoms with Crippen molar-refractivity contribution in [1.29, 1.82) is 5.26 Å². The Kier molecular flexibility index (Phi) is 7.59. The molecule has 1 saturated carbocycles. The number of carbonyl (C=O) groups is 1. The maximum absolute atomic E-state index is 14.0. The summed E-state index contributed by atoms with van der Waals surface area (Å²) in [6.45, 7) is 1.09. The molecule has 1 aliphatic heterocycles. The van der Waals surface area contributed by atoms with Crippen LogP contribution in [0.5, 0.6) is 11.5 Å². The summed E-state index contributed by atoms with van der Waals surface area (Å²) in [6.07, 6.45) is 1.05. The number of pyridine rings is 2. The first-order valence-corrected chi connectivity index (χ1v) is 13.8. The topological polar surface area (TPSA) is 154 Å². The molecule has 4 aromatic heterocycles. The normalized spacial score (nSPS) is 16.5. The van der Waals surface area contributed by atoms with Crippen LogP contribution in [-0.4, -0.2) is 62.1 Å². The molecule has 1 aliphatic carbocycles. The molecule has 1 saturated heterocycles. The SMILES string of the molecule is COCC(=O)Nc1cc(Oc2cnc3nc(Nc4cc(C(F)(F)F)n(C5CC6(CCOCC6)C5)n4)n(C)c3c2C#N)ccn1. The summed E-state index contributed by atoms with van der Waals surface area (Å²) in [5, 5.41) is 19.8. The van der Waals surface area contributed by atoms with E-state index >= 15 is 0 Å². The third-order valence-electron chi connectivity index (χ3n) is 7.98. The number of amides is 1. The molecule has 2 aliphatic rings. The van der Waals surface area contributed by atoms with E-state index < -0.39 is 17.8 Å². The van der Waals surface area contributed by atoms with Gasteiger partial charge in [0.25, 0.3) is 5.91 Å². The van der Waals surface area contributed by atoms with Crippen LogP contribution in [-0.2, 0) is 27.5 Å². The largest absolute Gasteiger partial charge is 0.454 e. The minimum atomic E-state index is -4.60. The number of aromatic nitrogens is 6. The number of ether oxygens (including phenoxy) is 3. The summed E-state index contributed by atoms with van der Waals surface area (Å²) in [7, 11) is 2.99. The van der Waals surface area contributed by atoms with Gasteiger partial charge in [0.05, 0.1) is 12.2 Å². The van der Waals surface area contributed by atoms with E-state index in [1.165, 1.54) is 36.2 Å². The van der Waals surface area contributed by atoms with Gasteiger partial charge in [-0.25, -0.2) is 9.97 Å². The van der Waals surface area contributed by atoms with Gasteiger partial charge in [-0.1, -0.05) is 0 Å². The number of hydrogen-bond acceptors (Lipinski definition) is 10. The molecule has 13 nitrogen and oxygen atoms in total. The summed E-state index contributed by atoms with van der Waals surface area (Å²) in [5.74, 6) is 0.294. The van der Waals surface area contributed by atoms with Gasteiger partial charge >= 0.3 is 6.18 Å². The highest BCUT2D eigenvalue weighted by molar-refractivity contribution is 5.91. The standard InChI is InChI=1S/C28H28F3N9O4/c1-39-24-18(13-32)19(44-17-3-6-33-21(9-17)35-23(41)15-42-2)14-34-25(24)37-26(39)36-22-10-20(28(29,30)31)40(38-22)16-11-27(12-16)4-7-43-8-5-27/h3,6,9-10,14,16H,4-5,7-8,11-12,15H2,1-2H3,(H,33,35,41)(H,34,36,37,38). The molecule has 4 aromatic rings. The molecule has 0 bridgehead atoms. The fourth-order valence-corrected chi connectivity index (χ4v) is 5.82. The van der Waals surface area contributed by atoms with Crippen molar-refractivity contribution in [3.05, 3.63) is 41.9 Å². The van der Waals surface area contributed by atoms with Crippen LogP contribution in [0.25, 0.3) is 11.2 Å². The molecule has 16 heteroatoms. The second-order valence-corrected chi connectivity index (χ2v) is 10.9. The van der Waals surface area contributed by atoms with Crippen molar-refractivity contribution in [1.82, 2.24) is 29.3 Å². The Morgan fingerprint density at radius 2 is 2.00 bits per heavy atom. The number of aryl methyl sites for hydroxylation is 1. The second-order valence-electron chi connectivity index (χ2n) is 10.9. The molecule has 0 radical (unpaired) electrons. The molecule has 2 N–H and O–H groups in total. The van der Waals surface area contributed by atoms with E-state index in [2.05, 4.69) is 36.8 Å². The van der Waals surface area contributed by atoms with Crippen molar-refractivity contribution in [3.8, 4) is 17.6 Å². The Hall–Kier alpha value is -4.75. The molecule has 2 fully saturated rings. The Morgan fingerprint density at radius 3 is 2.70 bits per heavy atom. The van der Waals surface area contributed by atoms with Gasteiger partial charge in [0, 0.05) is 45.7 Å². The van der Waals surface area contributed by atoms with Crippen LogP contribution < -0.4 is 15.4 Å². The molecule has 6 rings (SSSR count). The number of alkyl halides is 3. The van der Waals surface area contributed by atoms with Crippen LogP contribution in [0.2, 0.25) is 0 Å². The highest BCUT2D eigenvalue weighted by Gasteiger charge is 2.49. The fourth-order valence-electron chi connectivity index (χ4n) is 5.82. The number of nitriles is 1. The van der Waals surface area contributed by atoms with Crippen LogP contribution in [0.1, 0.15) is 43.0 Å². The number of nitrogens with zero attached hydrogens (tertiary/aromatic N) is 7. The number of methoxy groups -OCH3 is 1. The number of rotatable bonds is 8. The van der Waals surface area contributed by atoms with Crippen LogP contribution >= 0.6 is 0 Å². The Labute approximate surface area is 249 Å². The first-order valence-electron chi connectivity index (χ1n) is 13.8. The molecule has 0 unspecified atom stereocenters. The van der Waals surface area contributed by atoms with Crippen molar-refractivity contribution in [2.75, 3.05) is 37.6 Å². The van der Waals surface area contributed by atoms with E-state index in [4.69, 9.17) is 14.2 Å². The highest BCUT2D eigenvalue weighted by atomic mass is 19.4. The number of halogens is 3. The van der Waals surface area contributed by atoms with Gasteiger partial charge in [0.15, 0.2) is 17.2 Å². The van der Waals surface area contributed by atoms with Crippen LogP contribution in [0.3, 0.4) is 0 Å². The van der Waals surface area contributed by atoms with Gasteiger partial charge in [-0.3, -0.25) is 9.48 Å². The van der Waals surface area contributed by atoms with E-state index in [1.807, 2.05) is 0 Å². The summed E-state index contributed by atoms with van der Waals surface area (Å²) in [4.78, 5) is 24.6. The summed E-state index contributed by atoms with van der Waals surface area (Å²) in [5.41, 5.74) is -0.259. The molecule has 5 heterocycles. The monoisotopic (exact) mass is 611 g/mol. The fraction of sp³-hybridized carbons (Fsp3) is 0.429. The third-order valence-corrected chi connectivity index (χ3v) is 7.98. The highest BCUT2D eigenvalue weighted by Crippen LogP contribution is 2.55. The van der Waals surface area contributed by atoms with Crippen LogP contribution in [0, 0.1) is 16.7 Å². The number of imidazole rings is 1. The van der Waals surface area contributed by atoms with Crippen molar-refractivity contribution < 1.29 is 32.2 Å². The minimum Gasteiger partial charge on any atom is -0.454 e. The zero-order chi connectivity index (χ0) is 31.1. The predicted molar refractivity (Wildman–Crippen MR) is 149 cm³/mol. The van der Waals surface area contributed by atoms with Crippen molar-refractivity contribution in [2.24, 2.45) is 12.5 Å². The van der Waals surface area contributed by atoms with E-state index in [9.17, 15) is 23.2 Å². The summed E-state index contributed by atoms with van der Waals surface area (Å²) >= 11 is 0. The van der Waals surface area contributed by atoms with Gasteiger partial charge in [0.2, 0.25) is 5.95 Å². The number of nitrogens with one attached hydrogen (secondary N) is 2. The lowest BCUT2D eigenvalue weighted by atomic mass is 9.61. The molecule has 230 valence electrons. The number of anilines is 3.